The van der Waals surface area contributed by atoms with Crippen LogP contribution in [0.3, 0.4) is 0 Å². The number of benzene rings is 2. The number of hydrogen-bond acceptors (Lipinski definition) is 3. The zero-order valence-electron chi connectivity index (χ0n) is 18.0. The summed E-state index contributed by atoms with van der Waals surface area (Å²) in [6.45, 7) is 4.16. The third-order valence-electron chi connectivity index (χ3n) is 5.08. The average molecular weight is 430 g/mol. The topological polar surface area (TPSA) is 94.4 Å². The van der Waals surface area contributed by atoms with Gasteiger partial charge in [0.1, 0.15) is 0 Å². The second-order valence-corrected chi connectivity index (χ2v) is 7.36. The number of H-pyrrole nitrogens is 1. The van der Waals surface area contributed by atoms with Crippen LogP contribution in [0.25, 0.3) is 10.9 Å². The largest absolute Gasteiger partial charge is 0.459 e. The highest BCUT2D eigenvalue weighted by Crippen LogP contribution is 2.17. The zero-order valence-corrected chi connectivity index (χ0v) is 18.0. The van der Waals surface area contributed by atoms with Crippen LogP contribution < -0.4 is 16.0 Å². The molecule has 0 spiro atoms. The molecule has 1 amide bonds. The van der Waals surface area contributed by atoms with Crippen molar-refractivity contribution < 1.29 is 9.21 Å². The Morgan fingerprint density at radius 2 is 1.88 bits per heavy atom. The van der Waals surface area contributed by atoms with E-state index in [4.69, 9.17) is 4.42 Å². The summed E-state index contributed by atoms with van der Waals surface area (Å²) < 4.78 is 5.11. The molecule has 0 aliphatic rings. The number of guanidine groups is 1. The number of carbonyl (C=O) groups excluding carboxylic acids is 1. The highest BCUT2D eigenvalue weighted by Gasteiger charge is 2.08. The van der Waals surface area contributed by atoms with Crippen molar-refractivity contribution in [2.75, 3.05) is 18.4 Å². The number of nitrogens with one attached hydrogen (secondary N) is 4. The van der Waals surface area contributed by atoms with Crippen LogP contribution in [-0.2, 0) is 13.0 Å². The molecular formula is C25H27N5O2. The van der Waals surface area contributed by atoms with Gasteiger partial charge in [-0.3, -0.25) is 4.79 Å². The van der Waals surface area contributed by atoms with Crippen molar-refractivity contribution in [1.82, 2.24) is 15.6 Å². The fourth-order valence-corrected chi connectivity index (χ4v) is 3.46. The number of hydrogen-bond donors (Lipinski definition) is 4. The minimum atomic E-state index is -0.269. The standard InChI is InChI=1S/C25H27N5O2/c1-2-26-25(27-14-13-19-17-28-22-7-4-3-6-21(19)22)29-16-18-9-11-20(12-10-18)30-24(31)23-8-5-15-32-23/h3-12,15,17,28H,2,13-14,16H2,1H3,(H,30,31)(H2,26,27,29). The van der Waals surface area contributed by atoms with E-state index < -0.39 is 0 Å². The van der Waals surface area contributed by atoms with Crippen LogP contribution in [0.15, 0.2) is 82.5 Å². The smallest absolute Gasteiger partial charge is 0.291 e. The Labute approximate surface area is 186 Å². The Kier molecular flexibility index (Phi) is 6.87. The van der Waals surface area contributed by atoms with Crippen molar-refractivity contribution in [3.05, 3.63) is 90.0 Å². The van der Waals surface area contributed by atoms with Crippen LogP contribution in [0, 0.1) is 0 Å². The van der Waals surface area contributed by atoms with Crippen LogP contribution in [-0.4, -0.2) is 29.9 Å². The Bertz CT molecular complexity index is 1180. The molecular weight excluding hydrogens is 402 g/mol. The van der Waals surface area contributed by atoms with Gasteiger partial charge in [0.2, 0.25) is 0 Å². The molecule has 2 aromatic heterocycles. The molecule has 164 valence electrons. The number of para-hydroxylation sites is 1. The van der Waals surface area contributed by atoms with E-state index in [1.54, 1.807) is 12.1 Å². The molecule has 4 N–H and O–H groups in total. The van der Waals surface area contributed by atoms with E-state index in [1.807, 2.05) is 37.3 Å². The number of anilines is 1. The summed E-state index contributed by atoms with van der Waals surface area (Å²) in [6.07, 6.45) is 4.45. The lowest BCUT2D eigenvalue weighted by Crippen LogP contribution is -2.38. The Morgan fingerprint density at radius 1 is 1.03 bits per heavy atom. The van der Waals surface area contributed by atoms with Crippen LogP contribution in [0.1, 0.15) is 28.6 Å². The number of furan rings is 1. The van der Waals surface area contributed by atoms with Gasteiger partial charge in [-0.15, -0.1) is 0 Å². The summed E-state index contributed by atoms with van der Waals surface area (Å²) in [4.78, 5) is 20.1. The number of fused-ring (bicyclic) bond motifs is 1. The van der Waals surface area contributed by atoms with E-state index in [0.717, 1.165) is 36.6 Å². The second kappa shape index (κ2) is 10.3. The molecule has 2 heterocycles. The Balaban J connectivity index is 1.31. The van der Waals surface area contributed by atoms with Gasteiger partial charge in [0.05, 0.1) is 12.8 Å². The van der Waals surface area contributed by atoms with Gasteiger partial charge in [-0.2, -0.15) is 0 Å². The maximum atomic E-state index is 12.1. The predicted octanol–water partition coefficient (Wildman–Crippen LogP) is 4.31. The highest BCUT2D eigenvalue weighted by atomic mass is 16.3. The van der Waals surface area contributed by atoms with Crippen molar-refractivity contribution in [2.45, 2.75) is 19.9 Å². The molecule has 0 atom stereocenters. The van der Waals surface area contributed by atoms with Crippen molar-refractivity contribution >= 4 is 28.5 Å². The summed E-state index contributed by atoms with van der Waals surface area (Å²) in [7, 11) is 0. The van der Waals surface area contributed by atoms with Gasteiger partial charge < -0.3 is 25.4 Å². The molecule has 0 unspecified atom stereocenters. The summed E-state index contributed by atoms with van der Waals surface area (Å²) in [6, 6.07) is 19.3. The van der Waals surface area contributed by atoms with Gasteiger partial charge in [-0.05, 0) is 54.8 Å². The quantitative estimate of drug-likeness (QED) is 0.248. The van der Waals surface area contributed by atoms with E-state index in [1.165, 1.54) is 17.2 Å². The minimum absolute atomic E-state index is 0.269. The van der Waals surface area contributed by atoms with E-state index in [0.29, 0.717) is 12.2 Å². The fourth-order valence-electron chi connectivity index (χ4n) is 3.46. The maximum absolute atomic E-state index is 12.1. The second-order valence-electron chi connectivity index (χ2n) is 7.36. The Hall–Kier alpha value is -4.00. The predicted molar refractivity (Wildman–Crippen MR) is 128 cm³/mol. The Morgan fingerprint density at radius 3 is 2.66 bits per heavy atom. The normalized spacial score (nSPS) is 11.5. The third kappa shape index (κ3) is 5.37. The van der Waals surface area contributed by atoms with Crippen LogP contribution in [0.5, 0.6) is 0 Å². The van der Waals surface area contributed by atoms with Crippen LogP contribution >= 0.6 is 0 Å². The number of aromatic amines is 1. The molecule has 0 bridgehead atoms. The molecule has 0 aliphatic heterocycles. The summed E-state index contributed by atoms with van der Waals surface area (Å²) in [5.41, 5.74) is 4.21. The van der Waals surface area contributed by atoms with Crippen molar-refractivity contribution in [1.29, 1.82) is 0 Å². The first kappa shape index (κ1) is 21.2. The van der Waals surface area contributed by atoms with Gasteiger partial charge in [0.25, 0.3) is 5.91 Å². The van der Waals surface area contributed by atoms with E-state index in [-0.39, 0.29) is 11.7 Å². The number of rotatable bonds is 8. The maximum Gasteiger partial charge on any atom is 0.291 e. The molecule has 0 saturated carbocycles. The molecule has 2 aromatic carbocycles. The first-order chi connectivity index (χ1) is 15.7. The number of nitrogens with zero attached hydrogens (tertiary/aromatic N) is 1. The van der Waals surface area contributed by atoms with E-state index >= 15 is 0 Å². The van der Waals surface area contributed by atoms with Gasteiger partial charge in [0, 0.05) is 35.9 Å². The monoisotopic (exact) mass is 429 g/mol. The SMILES string of the molecule is CCNC(=NCc1ccc(NC(=O)c2ccco2)cc1)NCCc1c[nH]c2ccccc12. The molecule has 7 heteroatoms. The molecule has 0 saturated heterocycles. The molecule has 4 aromatic rings. The molecule has 0 radical (unpaired) electrons. The molecule has 32 heavy (non-hydrogen) atoms. The first-order valence-corrected chi connectivity index (χ1v) is 10.7. The number of amides is 1. The average Bonchev–Trinajstić information content (AvgIpc) is 3.49. The zero-order chi connectivity index (χ0) is 22.2. The van der Waals surface area contributed by atoms with Gasteiger partial charge >= 0.3 is 0 Å². The van der Waals surface area contributed by atoms with Crippen molar-refractivity contribution in [3.63, 3.8) is 0 Å². The molecule has 0 aliphatic carbocycles. The number of carbonyl (C=O) groups is 1. The minimum Gasteiger partial charge on any atom is -0.459 e. The van der Waals surface area contributed by atoms with Gasteiger partial charge in [0.15, 0.2) is 11.7 Å². The van der Waals surface area contributed by atoms with Gasteiger partial charge in [-0.1, -0.05) is 30.3 Å². The van der Waals surface area contributed by atoms with Crippen molar-refractivity contribution in [3.8, 4) is 0 Å². The lowest BCUT2D eigenvalue weighted by molar-refractivity contribution is 0.0996. The summed E-state index contributed by atoms with van der Waals surface area (Å²) >= 11 is 0. The lowest BCUT2D eigenvalue weighted by atomic mass is 10.1. The fraction of sp³-hybridized carbons (Fsp3) is 0.200. The summed E-state index contributed by atoms with van der Waals surface area (Å²) in [5.74, 6) is 0.796. The van der Waals surface area contributed by atoms with Crippen LogP contribution in [0.2, 0.25) is 0 Å². The lowest BCUT2D eigenvalue weighted by Gasteiger charge is -2.11. The molecule has 7 nitrogen and oxygen atoms in total. The first-order valence-electron chi connectivity index (χ1n) is 10.7. The number of aromatic nitrogens is 1. The highest BCUT2D eigenvalue weighted by molar-refractivity contribution is 6.02. The third-order valence-corrected chi connectivity index (χ3v) is 5.08. The van der Waals surface area contributed by atoms with E-state index in [9.17, 15) is 4.79 Å². The van der Waals surface area contributed by atoms with Crippen molar-refractivity contribution in [2.24, 2.45) is 4.99 Å². The van der Waals surface area contributed by atoms with E-state index in [2.05, 4.69) is 50.3 Å². The van der Waals surface area contributed by atoms with Gasteiger partial charge in [-0.25, -0.2) is 4.99 Å². The molecule has 0 fully saturated rings. The molecule has 4 rings (SSSR count). The number of aliphatic imine (C=N–C) groups is 1. The summed E-state index contributed by atoms with van der Waals surface area (Å²) in [5, 5.41) is 10.8. The van der Waals surface area contributed by atoms with Crippen LogP contribution in [0.4, 0.5) is 5.69 Å².